The molecule has 0 spiro atoms. The van der Waals surface area contributed by atoms with Crippen LogP contribution in [-0.4, -0.2) is 33.7 Å². The van der Waals surface area contributed by atoms with E-state index in [2.05, 4.69) is 21.7 Å². The summed E-state index contributed by atoms with van der Waals surface area (Å²) in [6, 6.07) is 12.0. The molecule has 1 atom stereocenters. The van der Waals surface area contributed by atoms with Gasteiger partial charge in [0.2, 0.25) is 0 Å². The molecule has 0 unspecified atom stereocenters. The highest BCUT2D eigenvalue weighted by Crippen LogP contribution is 2.30. The van der Waals surface area contributed by atoms with Crippen LogP contribution in [0.2, 0.25) is 0 Å². The van der Waals surface area contributed by atoms with Crippen molar-refractivity contribution in [2.45, 2.75) is 25.3 Å². The number of amides is 1. The van der Waals surface area contributed by atoms with Crippen LogP contribution in [0.4, 0.5) is 0 Å². The molecule has 1 amide bonds. The smallest absolute Gasteiger partial charge is 0.252 e. The number of carbonyl (C=O) groups is 1. The molecule has 1 aromatic carbocycles. The molecule has 6 heteroatoms. The first-order valence-electron chi connectivity index (χ1n) is 8.89. The lowest BCUT2D eigenvalue weighted by molar-refractivity contribution is 0.0997. The van der Waals surface area contributed by atoms with Crippen molar-refractivity contribution in [1.82, 2.24) is 14.7 Å². The Bertz CT molecular complexity index is 873. The number of primary amides is 1. The normalized spacial score (nSPS) is 18.1. The van der Waals surface area contributed by atoms with Crippen molar-refractivity contribution in [3.8, 4) is 5.69 Å². The third-order valence-corrected chi connectivity index (χ3v) is 5.64. The molecule has 1 aliphatic heterocycles. The van der Waals surface area contributed by atoms with Gasteiger partial charge in [-0.05, 0) is 53.9 Å². The Labute approximate surface area is 157 Å². The van der Waals surface area contributed by atoms with Gasteiger partial charge in [-0.2, -0.15) is 16.4 Å². The van der Waals surface area contributed by atoms with Gasteiger partial charge in [-0.15, -0.1) is 0 Å². The zero-order valence-electron chi connectivity index (χ0n) is 14.5. The van der Waals surface area contributed by atoms with Crippen molar-refractivity contribution < 1.29 is 4.79 Å². The molecule has 0 radical (unpaired) electrons. The van der Waals surface area contributed by atoms with E-state index in [1.165, 1.54) is 5.56 Å². The number of nitrogens with zero attached hydrogens (tertiary/aromatic N) is 3. The number of piperidine rings is 1. The van der Waals surface area contributed by atoms with Crippen molar-refractivity contribution in [3.63, 3.8) is 0 Å². The summed E-state index contributed by atoms with van der Waals surface area (Å²) in [6.45, 7) is 2.94. The van der Waals surface area contributed by atoms with Crippen LogP contribution in [0.25, 0.3) is 5.69 Å². The van der Waals surface area contributed by atoms with Gasteiger partial charge >= 0.3 is 0 Å². The quantitative estimate of drug-likeness (QED) is 0.752. The largest absolute Gasteiger partial charge is 0.365 e. The number of likely N-dealkylation sites (tertiary alicyclic amines) is 1. The lowest BCUT2D eigenvalue weighted by Gasteiger charge is -2.32. The molecule has 1 fully saturated rings. The van der Waals surface area contributed by atoms with Gasteiger partial charge in [0.1, 0.15) is 0 Å². The molecule has 0 bridgehead atoms. The van der Waals surface area contributed by atoms with Gasteiger partial charge in [-0.1, -0.05) is 18.2 Å². The third-order valence-electron chi connectivity index (χ3n) is 4.91. The molecule has 5 nitrogen and oxygen atoms in total. The number of para-hydroxylation sites is 1. The Balaban J connectivity index is 1.59. The van der Waals surface area contributed by atoms with Crippen molar-refractivity contribution in [2.24, 2.45) is 5.73 Å². The summed E-state index contributed by atoms with van der Waals surface area (Å²) in [5.74, 6) is -0.174. The summed E-state index contributed by atoms with van der Waals surface area (Å²) in [6.07, 6.45) is 3.91. The number of nitrogens with two attached hydrogens (primary N) is 1. The Morgan fingerprint density at radius 3 is 2.85 bits per heavy atom. The van der Waals surface area contributed by atoms with E-state index < -0.39 is 5.91 Å². The lowest BCUT2D eigenvalue weighted by Crippen LogP contribution is -2.34. The maximum atomic E-state index is 12.0. The summed E-state index contributed by atoms with van der Waals surface area (Å²) in [4.78, 5) is 14.5. The minimum Gasteiger partial charge on any atom is -0.365 e. The van der Waals surface area contributed by atoms with Crippen molar-refractivity contribution in [2.75, 3.05) is 13.1 Å². The second-order valence-electron chi connectivity index (χ2n) is 6.78. The molecule has 3 aromatic rings. The molecule has 134 valence electrons. The van der Waals surface area contributed by atoms with Gasteiger partial charge < -0.3 is 5.73 Å². The van der Waals surface area contributed by atoms with Crippen LogP contribution in [-0.2, 0) is 6.54 Å². The van der Waals surface area contributed by atoms with Crippen molar-refractivity contribution in [3.05, 3.63) is 70.2 Å². The fourth-order valence-electron chi connectivity index (χ4n) is 3.65. The second kappa shape index (κ2) is 7.43. The highest BCUT2D eigenvalue weighted by Gasteiger charge is 2.28. The fraction of sp³-hybridized carbons (Fsp3) is 0.300. The van der Waals surface area contributed by atoms with E-state index in [-0.39, 0.29) is 5.92 Å². The van der Waals surface area contributed by atoms with Crippen LogP contribution in [0.15, 0.2) is 53.4 Å². The van der Waals surface area contributed by atoms with E-state index in [0.29, 0.717) is 5.56 Å². The van der Waals surface area contributed by atoms with E-state index in [9.17, 15) is 4.79 Å². The number of carbonyl (C=O) groups excluding carboxylic acids is 1. The van der Waals surface area contributed by atoms with Crippen LogP contribution in [0.3, 0.4) is 0 Å². The molecule has 1 saturated heterocycles. The summed E-state index contributed by atoms with van der Waals surface area (Å²) in [5.41, 5.74) is 9.31. The Morgan fingerprint density at radius 2 is 2.12 bits per heavy atom. The molecule has 0 saturated carbocycles. The topological polar surface area (TPSA) is 64.2 Å². The Hall–Kier alpha value is -2.44. The molecule has 0 aliphatic carbocycles. The van der Waals surface area contributed by atoms with Crippen LogP contribution in [0.5, 0.6) is 0 Å². The number of aromatic nitrogens is 2. The van der Waals surface area contributed by atoms with E-state index in [0.717, 1.165) is 43.9 Å². The molecule has 4 rings (SSSR count). The van der Waals surface area contributed by atoms with Crippen LogP contribution < -0.4 is 5.73 Å². The van der Waals surface area contributed by atoms with E-state index >= 15 is 0 Å². The summed E-state index contributed by atoms with van der Waals surface area (Å²) in [5, 5.41) is 9.06. The minimum absolute atomic E-state index is 0.231. The number of rotatable bonds is 5. The number of hydrogen-bond donors (Lipinski definition) is 1. The van der Waals surface area contributed by atoms with Crippen LogP contribution in [0.1, 0.15) is 40.4 Å². The predicted octanol–water partition coefficient (Wildman–Crippen LogP) is 3.41. The van der Waals surface area contributed by atoms with Gasteiger partial charge in [0, 0.05) is 25.2 Å². The maximum absolute atomic E-state index is 12.0. The predicted molar refractivity (Wildman–Crippen MR) is 104 cm³/mol. The van der Waals surface area contributed by atoms with Gasteiger partial charge in [-0.25, -0.2) is 4.68 Å². The SMILES string of the molecule is NC(=O)c1cn(-c2ccccc2)nc1[C@@H]1CCCN(Cc2ccsc2)C1. The first-order chi connectivity index (χ1) is 12.7. The van der Waals surface area contributed by atoms with Gasteiger partial charge in [0.05, 0.1) is 16.9 Å². The first-order valence-corrected chi connectivity index (χ1v) is 9.83. The minimum atomic E-state index is -0.405. The standard InChI is InChI=1S/C20H22N4OS/c21-20(25)18-13-24(17-6-2-1-3-7-17)22-19(18)16-5-4-9-23(12-16)11-15-8-10-26-14-15/h1-3,6-8,10,13-14,16H,4-5,9,11-12H2,(H2,21,25)/t16-/m1/s1. The van der Waals surface area contributed by atoms with Gasteiger partial charge in [-0.3, -0.25) is 9.69 Å². The van der Waals surface area contributed by atoms with E-state index in [1.807, 2.05) is 30.3 Å². The summed E-state index contributed by atoms with van der Waals surface area (Å²) >= 11 is 1.73. The summed E-state index contributed by atoms with van der Waals surface area (Å²) < 4.78 is 1.77. The van der Waals surface area contributed by atoms with Crippen molar-refractivity contribution >= 4 is 17.2 Å². The second-order valence-corrected chi connectivity index (χ2v) is 7.56. The molecule has 2 aromatic heterocycles. The molecule has 3 heterocycles. The lowest BCUT2D eigenvalue weighted by atomic mass is 9.92. The molecule has 2 N–H and O–H groups in total. The first kappa shape index (κ1) is 17.0. The van der Waals surface area contributed by atoms with E-state index in [4.69, 9.17) is 10.8 Å². The average molecular weight is 366 g/mol. The monoisotopic (exact) mass is 366 g/mol. The number of thiophene rings is 1. The molecular formula is C20H22N4OS. The number of hydrogen-bond acceptors (Lipinski definition) is 4. The average Bonchev–Trinajstić information content (AvgIpc) is 3.32. The molecular weight excluding hydrogens is 344 g/mol. The molecule has 1 aliphatic rings. The molecule has 26 heavy (non-hydrogen) atoms. The highest BCUT2D eigenvalue weighted by atomic mass is 32.1. The number of benzene rings is 1. The maximum Gasteiger partial charge on any atom is 0.252 e. The zero-order valence-corrected chi connectivity index (χ0v) is 15.4. The van der Waals surface area contributed by atoms with E-state index in [1.54, 1.807) is 22.2 Å². The van der Waals surface area contributed by atoms with Crippen LogP contribution >= 0.6 is 11.3 Å². The van der Waals surface area contributed by atoms with Crippen molar-refractivity contribution in [1.29, 1.82) is 0 Å². The zero-order chi connectivity index (χ0) is 17.9. The third kappa shape index (κ3) is 3.57. The van der Waals surface area contributed by atoms with Gasteiger partial charge in [0.15, 0.2) is 0 Å². The van der Waals surface area contributed by atoms with Crippen LogP contribution in [0, 0.1) is 0 Å². The Kier molecular flexibility index (Phi) is 4.86. The highest BCUT2D eigenvalue weighted by molar-refractivity contribution is 7.07. The summed E-state index contributed by atoms with van der Waals surface area (Å²) in [7, 11) is 0. The van der Waals surface area contributed by atoms with Gasteiger partial charge in [0.25, 0.3) is 5.91 Å². The fourth-order valence-corrected chi connectivity index (χ4v) is 4.31. The Morgan fingerprint density at radius 1 is 1.27 bits per heavy atom.